The van der Waals surface area contributed by atoms with E-state index in [9.17, 15) is 18.0 Å². The van der Waals surface area contributed by atoms with Gasteiger partial charge >= 0.3 is 0 Å². The van der Waals surface area contributed by atoms with Crippen LogP contribution in [0.15, 0.2) is 42.5 Å². The van der Waals surface area contributed by atoms with Gasteiger partial charge < -0.3 is 10.2 Å². The number of rotatable bonds is 12. The van der Waals surface area contributed by atoms with Crippen molar-refractivity contribution < 1.29 is 18.0 Å². The number of carbonyl (C=O) groups excluding carboxylic acids is 2. The van der Waals surface area contributed by atoms with Gasteiger partial charge in [-0.2, -0.15) is 0 Å². The zero-order valence-corrected chi connectivity index (χ0v) is 22.9. The van der Waals surface area contributed by atoms with E-state index in [4.69, 9.17) is 23.2 Å². The van der Waals surface area contributed by atoms with Gasteiger partial charge in [-0.3, -0.25) is 13.9 Å². The van der Waals surface area contributed by atoms with Gasteiger partial charge in [-0.05, 0) is 51.0 Å². The first kappa shape index (κ1) is 28.9. The number of halogens is 2. The van der Waals surface area contributed by atoms with Gasteiger partial charge in [0, 0.05) is 41.7 Å². The number of hydrogen-bond acceptors (Lipinski definition) is 4. The molecule has 0 aliphatic rings. The lowest BCUT2D eigenvalue weighted by Crippen LogP contribution is -2.49. The molecule has 1 N–H and O–H groups in total. The molecule has 0 radical (unpaired) electrons. The summed E-state index contributed by atoms with van der Waals surface area (Å²) in [7, 11) is -3.54. The zero-order valence-electron chi connectivity index (χ0n) is 20.6. The molecule has 35 heavy (non-hydrogen) atoms. The van der Waals surface area contributed by atoms with E-state index < -0.39 is 16.1 Å². The molecule has 7 nitrogen and oxygen atoms in total. The highest BCUT2D eigenvalue weighted by molar-refractivity contribution is 7.92. The third-order valence-corrected chi connectivity index (χ3v) is 7.50. The van der Waals surface area contributed by atoms with Gasteiger partial charge in [-0.25, -0.2) is 8.42 Å². The molecule has 0 saturated heterocycles. The summed E-state index contributed by atoms with van der Waals surface area (Å²) in [6, 6.07) is 11.5. The maximum Gasteiger partial charge on any atom is 0.242 e. The van der Waals surface area contributed by atoms with Crippen LogP contribution < -0.4 is 9.62 Å². The summed E-state index contributed by atoms with van der Waals surface area (Å²) in [5, 5.41) is 3.59. The van der Waals surface area contributed by atoms with E-state index in [2.05, 4.69) is 5.32 Å². The predicted molar refractivity (Wildman–Crippen MR) is 142 cm³/mol. The molecule has 2 aromatic carbocycles. The molecule has 192 valence electrons. The Labute approximate surface area is 218 Å². The van der Waals surface area contributed by atoms with Crippen LogP contribution in [0.5, 0.6) is 0 Å². The molecule has 1 atom stereocenters. The van der Waals surface area contributed by atoms with Crippen molar-refractivity contribution in [2.75, 3.05) is 23.7 Å². The minimum absolute atomic E-state index is 0.0514. The quantitative estimate of drug-likeness (QED) is 0.418. The third kappa shape index (κ3) is 8.12. The van der Waals surface area contributed by atoms with Crippen LogP contribution >= 0.6 is 23.2 Å². The maximum absolute atomic E-state index is 13.4. The second-order valence-electron chi connectivity index (χ2n) is 8.31. The second-order valence-corrected chi connectivity index (χ2v) is 11.0. The van der Waals surface area contributed by atoms with Crippen molar-refractivity contribution >= 4 is 50.7 Å². The Morgan fingerprint density at radius 2 is 1.63 bits per heavy atom. The van der Waals surface area contributed by atoms with Gasteiger partial charge in [-0.1, -0.05) is 53.9 Å². The molecule has 0 bridgehead atoms. The maximum atomic E-state index is 13.4. The monoisotopic (exact) mass is 541 g/mol. The first-order valence-electron chi connectivity index (χ1n) is 11.5. The van der Waals surface area contributed by atoms with Gasteiger partial charge in [0.15, 0.2) is 0 Å². The van der Waals surface area contributed by atoms with Crippen LogP contribution in [0, 0.1) is 6.92 Å². The van der Waals surface area contributed by atoms with Crippen LogP contribution in [0.1, 0.15) is 44.2 Å². The number of hydrogen-bond donors (Lipinski definition) is 1. The summed E-state index contributed by atoms with van der Waals surface area (Å²) in [4.78, 5) is 27.6. The SMILES string of the molecule is CCNC(=O)C(CC)N(Cc1c(Cl)cccc1Cl)C(=O)CCCN(c1ccc(C)cc1)S(C)(=O)=O. The molecular weight excluding hydrogens is 509 g/mol. The van der Waals surface area contributed by atoms with Crippen molar-refractivity contribution in [3.8, 4) is 0 Å². The smallest absolute Gasteiger partial charge is 0.242 e. The van der Waals surface area contributed by atoms with Crippen molar-refractivity contribution in [3.05, 3.63) is 63.6 Å². The number of amides is 2. The molecule has 0 aromatic heterocycles. The van der Waals surface area contributed by atoms with E-state index in [1.807, 2.05) is 32.9 Å². The zero-order chi connectivity index (χ0) is 26.2. The first-order chi connectivity index (χ1) is 16.5. The predicted octanol–water partition coefficient (Wildman–Crippen LogP) is 4.79. The summed E-state index contributed by atoms with van der Waals surface area (Å²) in [5.74, 6) is -0.541. The largest absolute Gasteiger partial charge is 0.355 e. The number of aryl methyl sites for hydroxylation is 1. The van der Waals surface area contributed by atoms with Gasteiger partial charge in [0.1, 0.15) is 6.04 Å². The summed E-state index contributed by atoms with van der Waals surface area (Å²) in [6.45, 7) is 6.20. The highest BCUT2D eigenvalue weighted by atomic mass is 35.5. The van der Waals surface area contributed by atoms with E-state index in [1.165, 1.54) is 9.21 Å². The number of nitrogens with zero attached hydrogens (tertiary/aromatic N) is 2. The van der Waals surface area contributed by atoms with Gasteiger partial charge in [-0.15, -0.1) is 0 Å². The van der Waals surface area contributed by atoms with Gasteiger partial charge in [0.25, 0.3) is 0 Å². The lowest BCUT2D eigenvalue weighted by atomic mass is 10.1. The molecule has 1 unspecified atom stereocenters. The van der Waals surface area contributed by atoms with Crippen molar-refractivity contribution in [2.24, 2.45) is 0 Å². The molecule has 2 aromatic rings. The van der Waals surface area contributed by atoms with Gasteiger partial charge in [0.05, 0.1) is 11.9 Å². The van der Waals surface area contributed by atoms with Crippen LogP contribution in [0.4, 0.5) is 5.69 Å². The molecule has 2 rings (SSSR count). The topological polar surface area (TPSA) is 86.8 Å². The Kier molecular flexibility index (Phi) is 10.9. The molecule has 0 aliphatic heterocycles. The van der Waals surface area contributed by atoms with E-state index in [1.54, 1.807) is 30.3 Å². The van der Waals surface area contributed by atoms with Crippen molar-refractivity contribution in [3.63, 3.8) is 0 Å². The standard InChI is InChI=1S/C25H33Cl2N3O4S/c1-5-23(25(32)28-6-2)29(17-20-21(26)9-7-10-22(20)27)24(31)11-8-16-30(35(4,33)34)19-14-12-18(3)13-15-19/h7,9-10,12-15,23H,5-6,8,11,16-17H2,1-4H3,(H,28,32). The van der Waals surface area contributed by atoms with Crippen molar-refractivity contribution in [1.82, 2.24) is 10.2 Å². The van der Waals surface area contributed by atoms with E-state index >= 15 is 0 Å². The van der Waals surface area contributed by atoms with Crippen LogP contribution in [0.2, 0.25) is 10.0 Å². The van der Waals surface area contributed by atoms with E-state index in [-0.39, 0.29) is 37.7 Å². The average Bonchev–Trinajstić information content (AvgIpc) is 2.78. The fourth-order valence-corrected chi connectivity index (χ4v) is 5.26. The Balaban J connectivity index is 2.25. The van der Waals surface area contributed by atoms with Crippen LogP contribution in [0.25, 0.3) is 0 Å². The van der Waals surface area contributed by atoms with E-state index in [0.717, 1.165) is 11.8 Å². The summed E-state index contributed by atoms with van der Waals surface area (Å²) in [6.07, 6.45) is 1.87. The molecule has 10 heteroatoms. The number of likely N-dealkylation sites (N-methyl/N-ethyl adjacent to an activating group) is 1. The Morgan fingerprint density at radius 1 is 1.03 bits per heavy atom. The first-order valence-corrected chi connectivity index (χ1v) is 14.1. The Hall–Kier alpha value is -2.29. The number of nitrogens with one attached hydrogen (secondary N) is 1. The lowest BCUT2D eigenvalue weighted by molar-refractivity contribution is -0.141. The van der Waals surface area contributed by atoms with E-state index in [0.29, 0.717) is 34.3 Å². The fraction of sp³-hybridized carbons (Fsp3) is 0.440. The molecule has 0 fully saturated rings. The number of carbonyl (C=O) groups is 2. The fourth-order valence-electron chi connectivity index (χ4n) is 3.78. The summed E-state index contributed by atoms with van der Waals surface area (Å²) >= 11 is 12.7. The third-order valence-electron chi connectivity index (χ3n) is 5.60. The lowest BCUT2D eigenvalue weighted by Gasteiger charge is -2.31. The Bertz CT molecular complexity index is 1100. The second kappa shape index (κ2) is 13.1. The normalized spacial score (nSPS) is 12.2. The van der Waals surface area contributed by atoms with Crippen molar-refractivity contribution in [1.29, 1.82) is 0 Å². The van der Waals surface area contributed by atoms with Crippen LogP contribution in [-0.4, -0.2) is 50.5 Å². The number of anilines is 1. The highest BCUT2D eigenvalue weighted by Crippen LogP contribution is 2.27. The average molecular weight is 543 g/mol. The summed E-state index contributed by atoms with van der Waals surface area (Å²) < 4.78 is 26.1. The summed E-state index contributed by atoms with van der Waals surface area (Å²) in [5.41, 5.74) is 2.12. The number of benzene rings is 2. The number of sulfonamides is 1. The van der Waals surface area contributed by atoms with Gasteiger partial charge in [0.2, 0.25) is 21.8 Å². The minimum atomic E-state index is -3.54. The minimum Gasteiger partial charge on any atom is -0.355 e. The van der Waals surface area contributed by atoms with Crippen LogP contribution in [-0.2, 0) is 26.2 Å². The molecule has 2 amide bonds. The molecular formula is C25H33Cl2N3O4S. The van der Waals surface area contributed by atoms with Crippen molar-refractivity contribution in [2.45, 2.75) is 52.6 Å². The molecule has 0 saturated carbocycles. The molecule has 0 aliphatic carbocycles. The van der Waals surface area contributed by atoms with Crippen LogP contribution in [0.3, 0.4) is 0 Å². The Morgan fingerprint density at radius 3 is 2.14 bits per heavy atom. The molecule has 0 heterocycles. The highest BCUT2D eigenvalue weighted by Gasteiger charge is 2.29. The molecule has 0 spiro atoms.